The van der Waals surface area contributed by atoms with Crippen molar-refractivity contribution in [2.75, 3.05) is 5.75 Å². The normalized spacial score (nSPS) is 21.2. The molecule has 0 spiro atoms. The van der Waals surface area contributed by atoms with Gasteiger partial charge in [-0.25, -0.2) is 4.98 Å². The number of amides is 1. The maximum atomic E-state index is 12.4. The van der Waals surface area contributed by atoms with Crippen LogP contribution in [0.15, 0.2) is 16.0 Å². The molecule has 0 saturated heterocycles. The molecule has 3 rings (SSSR count). The Morgan fingerprint density at radius 1 is 1.39 bits per heavy atom. The van der Waals surface area contributed by atoms with Crippen molar-refractivity contribution < 1.29 is 4.79 Å². The van der Waals surface area contributed by atoms with Gasteiger partial charge in [0.2, 0.25) is 5.91 Å². The Labute approximate surface area is 141 Å². The van der Waals surface area contributed by atoms with Crippen LogP contribution in [0, 0.1) is 0 Å². The molecule has 1 fully saturated rings. The molecule has 1 amide bonds. The molecule has 1 aromatic heterocycles. The monoisotopic (exact) mass is 335 g/mol. The number of aryl methyl sites for hydroxylation is 1. The smallest absolute Gasteiger partial charge is 0.254 e. The van der Waals surface area contributed by atoms with Gasteiger partial charge in [0.15, 0.2) is 5.16 Å². The fraction of sp³-hybridized carbons (Fsp3) is 0.706. The molecule has 23 heavy (non-hydrogen) atoms. The lowest BCUT2D eigenvalue weighted by Crippen LogP contribution is -2.38. The van der Waals surface area contributed by atoms with E-state index in [9.17, 15) is 9.59 Å². The van der Waals surface area contributed by atoms with Crippen molar-refractivity contribution in [3.05, 3.63) is 22.1 Å². The van der Waals surface area contributed by atoms with E-state index in [0.717, 1.165) is 42.3 Å². The van der Waals surface area contributed by atoms with Gasteiger partial charge in [-0.1, -0.05) is 44.4 Å². The van der Waals surface area contributed by atoms with E-state index in [-0.39, 0.29) is 17.5 Å². The number of fused-ring (bicyclic) bond motifs is 1. The molecule has 5 nitrogen and oxygen atoms in total. The molecular formula is C17H25N3O2S. The first-order valence-electron chi connectivity index (χ1n) is 8.72. The van der Waals surface area contributed by atoms with Crippen LogP contribution in [0.25, 0.3) is 0 Å². The van der Waals surface area contributed by atoms with Crippen molar-refractivity contribution in [2.45, 2.75) is 75.5 Å². The van der Waals surface area contributed by atoms with Crippen LogP contribution in [-0.4, -0.2) is 27.3 Å². The molecule has 0 aromatic carbocycles. The molecule has 1 aromatic rings. The van der Waals surface area contributed by atoms with Gasteiger partial charge in [-0.2, -0.15) is 0 Å². The standard InChI is InChI=1S/C17H25N3O2S/c1-2-6-13-9-16(22)20-14(11-23-17(20)19-13)10-15(21)18-12-7-4-3-5-8-12/h9,12,14H,2-8,10-11H2,1H3,(H,18,21). The predicted molar refractivity (Wildman–Crippen MR) is 91.9 cm³/mol. The van der Waals surface area contributed by atoms with Crippen molar-refractivity contribution in [2.24, 2.45) is 0 Å². The third-order valence-electron chi connectivity index (χ3n) is 4.64. The van der Waals surface area contributed by atoms with Crippen molar-refractivity contribution >= 4 is 17.7 Å². The fourth-order valence-electron chi connectivity index (χ4n) is 3.48. The number of carbonyl (C=O) groups excluding carboxylic acids is 1. The molecule has 1 saturated carbocycles. The fourth-order valence-corrected chi connectivity index (χ4v) is 4.65. The first kappa shape index (κ1) is 16.6. The summed E-state index contributed by atoms with van der Waals surface area (Å²) >= 11 is 1.59. The Kier molecular flexibility index (Phi) is 5.41. The van der Waals surface area contributed by atoms with Gasteiger partial charge in [0.05, 0.1) is 6.04 Å². The SMILES string of the molecule is CCCc1cc(=O)n2c(n1)SCC2CC(=O)NC1CCCCC1. The molecule has 6 heteroatoms. The zero-order chi connectivity index (χ0) is 16.2. The lowest BCUT2D eigenvalue weighted by atomic mass is 9.95. The summed E-state index contributed by atoms with van der Waals surface area (Å²) in [6.07, 6.45) is 8.05. The molecule has 1 unspecified atom stereocenters. The van der Waals surface area contributed by atoms with Gasteiger partial charge < -0.3 is 5.32 Å². The number of hydrogen-bond donors (Lipinski definition) is 1. The number of carbonyl (C=O) groups is 1. The van der Waals surface area contributed by atoms with Crippen molar-refractivity contribution in [3.8, 4) is 0 Å². The molecular weight excluding hydrogens is 310 g/mol. The van der Waals surface area contributed by atoms with Crippen LogP contribution >= 0.6 is 11.8 Å². The zero-order valence-corrected chi connectivity index (χ0v) is 14.5. The van der Waals surface area contributed by atoms with Crippen molar-refractivity contribution in [1.29, 1.82) is 0 Å². The molecule has 1 aliphatic carbocycles. The lowest BCUT2D eigenvalue weighted by molar-refractivity contribution is -0.122. The van der Waals surface area contributed by atoms with E-state index in [1.54, 1.807) is 22.4 Å². The Hall–Kier alpha value is -1.30. The van der Waals surface area contributed by atoms with Crippen LogP contribution in [-0.2, 0) is 11.2 Å². The van der Waals surface area contributed by atoms with Gasteiger partial charge >= 0.3 is 0 Å². The van der Waals surface area contributed by atoms with Gasteiger partial charge in [0, 0.05) is 30.0 Å². The van der Waals surface area contributed by atoms with E-state index in [1.807, 2.05) is 0 Å². The van der Waals surface area contributed by atoms with Crippen LogP contribution in [0.3, 0.4) is 0 Å². The first-order valence-corrected chi connectivity index (χ1v) is 9.70. The summed E-state index contributed by atoms with van der Waals surface area (Å²) in [6, 6.07) is 1.89. The summed E-state index contributed by atoms with van der Waals surface area (Å²) in [7, 11) is 0. The Morgan fingerprint density at radius 2 is 2.17 bits per heavy atom. The third kappa shape index (κ3) is 3.97. The number of aromatic nitrogens is 2. The highest BCUT2D eigenvalue weighted by Gasteiger charge is 2.28. The van der Waals surface area contributed by atoms with E-state index in [1.165, 1.54) is 19.3 Å². The minimum atomic E-state index is -0.0609. The average molecular weight is 335 g/mol. The maximum Gasteiger partial charge on any atom is 0.254 e. The first-order chi connectivity index (χ1) is 11.2. The molecule has 2 heterocycles. The second-order valence-corrected chi connectivity index (χ2v) is 7.55. The molecule has 1 aliphatic heterocycles. The van der Waals surface area contributed by atoms with Gasteiger partial charge in [0.1, 0.15) is 0 Å². The molecule has 1 N–H and O–H groups in total. The summed E-state index contributed by atoms with van der Waals surface area (Å²) in [5, 5.41) is 3.92. The summed E-state index contributed by atoms with van der Waals surface area (Å²) in [5.41, 5.74) is 0.850. The van der Waals surface area contributed by atoms with Crippen LogP contribution in [0.1, 0.15) is 63.6 Å². The largest absolute Gasteiger partial charge is 0.353 e. The Bertz CT molecular complexity index is 623. The molecule has 2 aliphatic rings. The summed E-state index contributed by atoms with van der Waals surface area (Å²) in [5.74, 6) is 0.829. The van der Waals surface area contributed by atoms with E-state index < -0.39 is 0 Å². The highest BCUT2D eigenvalue weighted by molar-refractivity contribution is 7.99. The Balaban J connectivity index is 1.65. The Morgan fingerprint density at radius 3 is 2.91 bits per heavy atom. The van der Waals surface area contributed by atoms with Gasteiger partial charge in [-0.05, 0) is 19.3 Å². The average Bonchev–Trinajstić information content (AvgIpc) is 2.92. The molecule has 126 valence electrons. The number of hydrogen-bond acceptors (Lipinski definition) is 4. The number of thioether (sulfide) groups is 1. The van der Waals surface area contributed by atoms with Gasteiger partial charge in [-0.3, -0.25) is 14.2 Å². The minimum Gasteiger partial charge on any atom is -0.353 e. The summed E-state index contributed by atoms with van der Waals surface area (Å²) in [6.45, 7) is 2.08. The van der Waals surface area contributed by atoms with Gasteiger partial charge in [-0.15, -0.1) is 0 Å². The molecule has 1 atom stereocenters. The van der Waals surface area contributed by atoms with E-state index >= 15 is 0 Å². The predicted octanol–water partition coefficient (Wildman–Crippen LogP) is 2.68. The second-order valence-electron chi connectivity index (χ2n) is 6.56. The maximum absolute atomic E-state index is 12.4. The van der Waals surface area contributed by atoms with Crippen LogP contribution in [0.5, 0.6) is 0 Å². The summed E-state index contributed by atoms with van der Waals surface area (Å²) < 4.78 is 1.71. The van der Waals surface area contributed by atoms with E-state index in [2.05, 4.69) is 17.2 Å². The lowest BCUT2D eigenvalue weighted by Gasteiger charge is -2.23. The zero-order valence-electron chi connectivity index (χ0n) is 13.7. The second kappa shape index (κ2) is 7.51. The highest BCUT2D eigenvalue weighted by Crippen LogP contribution is 2.32. The van der Waals surface area contributed by atoms with Crippen molar-refractivity contribution in [1.82, 2.24) is 14.9 Å². The highest BCUT2D eigenvalue weighted by atomic mass is 32.2. The number of rotatable bonds is 5. The van der Waals surface area contributed by atoms with E-state index in [0.29, 0.717) is 12.5 Å². The van der Waals surface area contributed by atoms with E-state index in [4.69, 9.17) is 0 Å². The number of nitrogens with one attached hydrogen (secondary N) is 1. The van der Waals surface area contributed by atoms with Gasteiger partial charge in [0.25, 0.3) is 5.56 Å². The minimum absolute atomic E-state index is 0.0149. The third-order valence-corrected chi connectivity index (χ3v) is 5.74. The molecule has 0 bridgehead atoms. The topological polar surface area (TPSA) is 64.0 Å². The summed E-state index contributed by atoms with van der Waals surface area (Å²) in [4.78, 5) is 29.2. The number of nitrogens with zero attached hydrogens (tertiary/aromatic N) is 2. The van der Waals surface area contributed by atoms with Crippen LogP contribution in [0.4, 0.5) is 0 Å². The van der Waals surface area contributed by atoms with Crippen molar-refractivity contribution in [3.63, 3.8) is 0 Å². The quantitative estimate of drug-likeness (QED) is 0.840. The molecule has 0 radical (unpaired) electrons. The van der Waals surface area contributed by atoms with Crippen LogP contribution in [0.2, 0.25) is 0 Å². The van der Waals surface area contributed by atoms with Crippen LogP contribution < -0.4 is 10.9 Å².